The van der Waals surface area contributed by atoms with Crippen molar-refractivity contribution in [2.45, 2.75) is 19.4 Å². The first-order chi connectivity index (χ1) is 7.15. The standard InChI is InChI=1S/C12H15BrO2/c1-3-4-7-15-12-6-5-10(13)8-11(12)9(2)14/h3,5-6,8-9,14H,1,4,7H2,2H3/t9-/m1/s1. The summed E-state index contributed by atoms with van der Waals surface area (Å²) < 4.78 is 6.48. The minimum Gasteiger partial charge on any atom is -0.493 e. The molecule has 0 radical (unpaired) electrons. The lowest BCUT2D eigenvalue weighted by Crippen LogP contribution is -2.01. The van der Waals surface area contributed by atoms with Crippen molar-refractivity contribution in [3.05, 3.63) is 40.9 Å². The normalized spacial score (nSPS) is 12.2. The van der Waals surface area contributed by atoms with Crippen molar-refractivity contribution in [2.75, 3.05) is 6.61 Å². The second kappa shape index (κ2) is 5.93. The van der Waals surface area contributed by atoms with Crippen LogP contribution >= 0.6 is 15.9 Å². The van der Waals surface area contributed by atoms with Gasteiger partial charge < -0.3 is 9.84 Å². The molecule has 3 heteroatoms. The van der Waals surface area contributed by atoms with E-state index in [0.717, 1.165) is 22.2 Å². The monoisotopic (exact) mass is 270 g/mol. The predicted molar refractivity (Wildman–Crippen MR) is 65.1 cm³/mol. The van der Waals surface area contributed by atoms with E-state index in [1.807, 2.05) is 18.2 Å². The van der Waals surface area contributed by atoms with Gasteiger partial charge in [-0.1, -0.05) is 22.0 Å². The lowest BCUT2D eigenvalue weighted by atomic mass is 10.1. The van der Waals surface area contributed by atoms with E-state index < -0.39 is 6.10 Å². The largest absolute Gasteiger partial charge is 0.493 e. The molecule has 0 saturated heterocycles. The van der Waals surface area contributed by atoms with E-state index in [0.29, 0.717) is 6.61 Å². The molecule has 0 unspecified atom stereocenters. The van der Waals surface area contributed by atoms with Crippen LogP contribution in [0, 0.1) is 0 Å². The van der Waals surface area contributed by atoms with Crippen molar-refractivity contribution >= 4 is 15.9 Å². The van der Waals surface area contributed by atoms with Gasteiger partial charge in [0, 0.05) is 10.0 Å². The maximum Gasteiger partial charge on any atom is 0.125 e. The Balaban J connectivity index is 2.81. The van der Waals surface area contributed by atoms with Crippen molar-refractivity contribution in [1.29, 1.82) is 0 Å². The Morgan fingerprint density at radius 2 is 2.33 bits per heavy atom. The summed E-state index contributed by atoms with van der Waals surface area (Å²) in [6.07, 6.45) is 2.08. The maximum atomic E-state index is 9.56. The fourth-order valence-electron chi connectivity index (χ4n) is 1.23. The summed E-state index contributed by atoms with van der Waals surface area (Å²) in [6.45, 7) is 5.94. The quantitative estimate of drug-likeness (QED) is 0.656. The highest BCUT2D eigenvalue weighted by Crippen LogP contribution is 2.28. The molecule has 0 fully saturated rings. The highest BCUT2D eigenvalue weighted by molar-refractivity contribution is 9.10. The van der Waals surface area contributed by atoms with Gasteiger partial charge in [-0.05, 0) is 31.5 Å². The van der Waals surface area contributed by atoms with Gasteiger partial charge in [0.2, 0.25) is 0 Å². The molecule has 15 heavy (non-hydrogen) atoms. The zero-order chi connectivity index (χ0) is 11.3. The van der Waals surface area contributed by atoms with E-state index >= 15 is 0 Å². The molecule has 82 valence electrons. The van der Waals surface area contributed by atoms with Gasteiger partial charge in [-0.15, -0.1) is 6.58 Å². The molecular weight excluding hydrogens is 256 g/mol. The van der Waals surface area contributed by atoms with E-state index in [4.69, 9.17) is 4.74 Å². The summed E-state index contributed by atoms with van der Waals surface area (Å²) in [5.74, 6) is 0.732. The van der Waals surface area contributed by atoms with Gasteiger partial charge in [0.25, 0.3) is 0 Å². The zero-order valence-electron chi connectivity index (χ0n) is 8.74. The van der Waals surface area contributed by atoms with E-state index in [2.05, 4.69) is 22.5 Å². The number of hydrogen-bond acceptors (Lipinski definition) is 2. The number of halogens is 1. The third-order valence-corrected chi connectivity index (χ3v) is 2.49. The molecular formula is C12H15BrO2. The Bertz CT molecular complexity index is 334. The van der Waals surface area contributed by atoms with E-state index in [1.165, 1.54) is 0 Å². The van der Waals surface area contributed by atoms with Crippen LogP contribution < -0.4 is 4.74 Å². The molecule has 1 aromatic rings. The average Bonchev–Trinajstić information content (AvgIpc) is 2.20. The summed E-state index contributed by atoms with van der Waals surface area (Å²) in [7, 11) is 0. The van der Waals surface area contributed by atoms with Crippen molar-refractivity contribution in [1.82, 2.24) is 0 Å². The van der Waals surface area contributed by atoms with E-state index in [1.54, 1.807) is 13.0 Å². The van der Waals surface area contributed by atoms with Crippen molar-refractivity contribution in [3.8, 4) is 5.75 Å². The molecule has 1 aromatic carbocycles. The Hall–Kier alpha value is -0.800. The number of aliphatic hydroxyl groups is 1. The summed E-state index contributed by atoms with van der Waals surface area (Å²) in [4.78, 5) is 0. The second-order valence-electron chi connectivity index (χ2n) is 3.28. The van der Waals surface area contributed by atoms with Crippen molar-refractivity contribution in [3.63, 3.8) is 0 Å². The van der Waals surface area contributed by atoms with Gasteiger partial charge in [0.1, 0.15) is 5.75 Å². The third-order valence-electron chi connectivity index (χ3n) is 2.00. The molecule has 0 bridgehead atoms. The molecule has 1 atom stereocenters. The average molecular weight is 271 g/mol. The third kappa shape index (κ3) is 3.68. The molecule has 0 aliphatic heterocycles. The Labute approximate surface area is 98.7 Å². The summed E-state index contributed by atoms with van der Waals surface area (Å²) in [5.41, 5.74) is 0.799. The van der Waals surface area contributed by atoms with Gasteiger partial charge in [-0.3, -0.25) is 0 Å². The Morgan fingerprint density at radius 1 is 1.60 bits per heavy atom. The smallest absolute Gasteiger partial charge is 0.125 e. The van der Waals surface area contributed by atoms with Crippen molar-refractivity contribution in [2.24, 2.45) is 0 Å². The van der Waals surface area contributed by atoms with Crippen molar-refractivity contribution < 1.29 is 9.84 Å². The van der Waals surface area contributed by atoms with Crippen LogP contribution in [0.25, 0.3) is 0 Å². The molecule has 0 heterocycles. The van der Waals surface area contributed by atoms with E-state index in [-0.39, 0.29) is 0 Å². The topological polar surface area (TPSA) is 29.5 Å². The van der Waals surface area contributed by atoms with Crippen LogP contribution in [0.2, 0.25) is 0 Å². The summed E-state index contributed by atoms with van der Waals surface area (Å²) in [6, 6.07) is 5.62. The van der Waals surface area contributed by atoms with Crippen LogP contribution in [0.1, 0.15) is 25.0 Å². The number of ether oxygens (including phenoxy) is 1. The zero-order valence-corrected chi connectivity index (χ0v) is 10.3. The molecule has 0 saturated carbocycles. The van der Waals surface area contributed by atoms with Gasteiger partial charge in [-0.25, -0.2) is 0 Å². The molecule has 0 spiro atoms. The molecule has 0 aliphatic carbocycles. The molecule has 0 aliphatic rings. The van der Waals surface area contributed by atoms with Gasteiger partial charge in [0.15, 0.2) is 0 Å². The Morgan fingerprint density at radius 3 is 2.93 bits per heavy atom. The fourth-order valence-corrected chi connectivity index (χ4v) is 1.61. The first kappa shape index (κ1) is 12.3. The summed E-state index contributed by atoms with van der Waals surface area (Å²) >= 11 is 3.36. The minimum absolute atomic E-state index is 0.527. The van der Waals surface area contributed by atoms with Crippen LogP contribution in [0.3, 0.4) is 0 Å². The molecule has 2 nitrogen and oxygen atoms in total. The SMILES string of the molecule is C=CCCOc1ccc(Br)cc1[C@@H](C)O. The lowest BCUT2D eigenvalue weighted by Gasteiger charge is -2.13. The van der Waals surface area contributed by atoms with Gasteiger partial charge in [0.05, 0.1) is 12.7 Å². The fraction of sp³-hybridized carbons (Fsp3) is 0.333. The molecule has 1 N–H and O–H groups in total. The highest BCUT2D eigenvalue weighted by atomic mass is 79.9. The first-order valence-corrected chi connectivity index (χ1v) is 5.65. The highest BCUT2D eigenvalue weighted by Gasteiger charge is 2.09. The first-order valence-electron chi connectivity index (χ1n) is 4.86. The van der Waals surface area contributed by atoms with Crippen LogP contribution in [0.15, 0.2) is 35.3 Å². The van der Waals surface area contributed by atoms with Crippen LogP contribution in [0.5, 0.6) is 5.75 Å². The van der Waals surface area contributed by atoms with Crippen LogP contribution in [-0.2, 0) is 0 Å². The number of rotatable bonds is 5. The Kier molecular flexibility index (Phi) is 4.85. The predicted octanol–water partition coefficient (Wildman–Crippen LogP) is 3.46. The maximum absolute atomic E-state index is 9.56. The van der Waals surface area contributed by atoms with Gasteiger partial charge >= 0.3 is 0 Å². The minimum atomic E-state index is -0.527. The van der Waals surface area contributed by atoms with Crippen LogP contribution in [-0.4, -0.2) is 11.7 Å². The molecule has 0 amide bonds. The van der Waals surface area contributed by atoms with E-state index in [9.17, 15) is 5.11 Å². The number of hydrogen-bond donors (Lipinski definition) is 1. The summed E-state index contributed by atoms with van der Waals surface area (Å²) in [5, 5.41) is 9.56. The van der Waals surface area contributed by atoms with Crippen LogP contribution in [0.4, 0.5) is 0 Å². The van der Waals surface area contributed by atoms with Gasteiger partial charge in [-0.2, -0.15) is 0 Å². The number of benzene rings is 1. The molecule has 0 aromatic heterocycles. The molecule has 1 rings (SSSR count). The number of aliphatic hydroxyl groups excluding tert-OH is 1. The lowest BCUT2D eigenvalue weighted by molar-refractivity contribution is 0.191. The second-order valence-corrected chi connectivity index (χ2v) is 4.20.